The molecule has 2 aromatic carbocycles. The lowest BCUT2D eigenvalue weighted by atomic mass is 10.1. The van der Waals surface area contributed by atoms with Crippen molar-refractivity contribution >= 4 is 63.8 Å². The fourth-order valence-corrected chi connectivity index (χ4v) is 4.93. The molecule has 4 rings (SSSR count). The van der Waals surface area contributed by atoms with Crippen molar-refractivity contribution in [2.75, 3.05) is 11.9 Å². The van der Waals surface area contributed by atoms with Gasteiger partial charge in [0.05, 0.1) is 9.93 Å². The molecule has 0 aliphatic carbocycles. The molecule has 34 heavy (non-hydrogen) atoms. The topological polar surface area (TPSA) is 79.6 Å². The fraction of sp³-hybridized carbons (Fsp3) is 0.160. The highest BCUT2D eigenvalue weighted by Gasteiger charge is 2.36. The van der Waals surface area contributed by atoms with Crippen LogP contribution in [0.3, 0.4) is 0 Å². The summed E-state index contributed by atoms with van der Waals surface area (Å²) in [5, 5.41) is 3.27. The molecule has 0 bridgehead atoms. The number of hydrogen-bond donors (Lipinski definition) is 1. The summed E-state index contributed by atoms with van der Waals surface area (Å²) in [6, 6.07) is 12.3. The third-order valence-corrected chi connectivity index (χ3v) is 6.68. The first-order valence-corrected chi connectivity index (χ1v) is 11.9. The van der Waals surface area contributed by atoms with Crippen molar-refractivity contribution in [3.63, 3.8) is 0 Å². The molecule has 1 fully saturated rings. The third kappa shape index (κ3) is 5.06. The summed E-state index contributed by atoms with van der Waals surface area (Å²) in [4.78, 5) is 39.0. The highest BCUT2D eigenvalue weighted by Crippen LogP contribution is 2.35. The van der Waals surface area contributed by atoms with Crippen LogP contribution in [0.1, 0.15) is 22.5 Å². The first-order chi connectivity index (χ1) is 16.1. The van der Waals surface area contributed by atoms with E-state index < -0.39 is 17.1 Å². The van der Waals surface area contributed by atoms with Crippen LogP contribution < -0.4 is 5.32 Å². The minimum Gasteiger partial charge on any atom is -0.457 e. The quantitative estimate of drug-likeness (QED) is 0.376. The zero-order chi connectivity index (χ0) is 24.6. The van der Waals surface area contributed by atoms with Gasteiger partial charge in [-0.15, -0.1) is 0 Å². The van der Waals surface area contributed by atoms with E-state index in [1.807, 2.05) is 32.9 Å². The van der Waals surface area contributed by atoms with Gasteiger partial charge in [-0.05, 0) is 74.0 Å². The van der Waals surface area contributed by atoms with E-state index in [-0.39, 0.29) is 11.4 Å². The molecule has 1 aromatic heterocycles. The Hall–Kier alpha value is -3.00. The van der Waals surface area contributed by atoms with Gasteiger partial charge in [0.15, 0.2) is 0 Å². The highest BCUT2D eigenvalue weighted by atomic mass is 35.5. The second kappa shape index (κ2) is 9.70. The molecule has 1 aliphatic rings. The highest BCUT2D eigenvalue weighted by molar-refractivity contribution is 8.18. The Morgan fingerprint density at radius 2 is 1.76 bits per heavy atom. The van der Waals surface area contributed by atoms with Crippen LogP contribution in [0.15, 0.2) is 51.8 Å². The van der Waals surface area contributed by atoms with E-state index >= 15 is 0 Å². The van der Waals surface area contributed by atoms with Crippen molar-refractivity contribution < 1.29 is 18.8 Å². The van der Waals surface area contributed by atoms with Gasteiger partial charge >= 0.3 is 0 Å². The van der Waals surface area contributed by atoms with Gasteiger partial charge in [-0.2, -0.15) is 0 Å². The van der Waals surface area contributed by atoms with Crippen LogP contribution in [0.5, 0.6) is 0 Å². The van der Waals surface area contributed by atoms with Crippen LogP contribution in [-0.2, 0) is 9.59 Å². The molecule has 0 spiro atoms. The standard InChI is InChI=1S/C25H20Cl2N2O4S/c1-13-8-14(2)23(15(3)9-13)28-22(30)12-29-24(31)21(34-25(29)32)11-17-5-7-20(33-17)18-10-16(26)4-6-19(18)27/h4-11H,12H2,1-3H3,(H,28,30)/b21-11+. The average molecular weight is 515 g/mol. The zero-order valence-electron chi connectivity index (χ0n) is 18.6. The van der Waals surface area contributed by atoms with Gasteiger partial charge < -0.3 is 9.73 Å². The van der Waals surface area contributed by atoms with Gasteiger partial charge in [0.25, 0.3) is 11.1 Å². The first kappa shape index (κ1) is 24.1. The smallest absolute Gasteiger partial charge is 0.294 e. The lowest BCUT2D eigenvalue weighted by Gasteiger charge is -2.15. The fourth-order valence-electron chi connectivity index (χ4n) is 3.73. The summed E-state index contributed by atoms with van der Waals surface area (Å²) >= 11 is 13.0. The SMILES string of the molecule is Cc1cc(C)c(NC(=O)CN2C(=O)S/C(=C/c3ccc(-c4cc(Cl)ccc4Cl)o3)C2=O)c(C)c1. The number of nitrogens with zero attached hydrogens (tertiary/aromatic N) is 1. The van der Waals surface area contributed by atoms with Gasteiger partial charge in [0, 0.05) is 22.3 Å². The van der Waals surface area contributed by atoms with Gasteiger partial charge in [-0.3, -0.25) is 19.3 Å². The van der Waals surface area contributed by atoms with Gasteiger partial charge in [0.2, 0.25) is 5.91 Å². The van der Waals surface area contributed by atoms with Crippen LogP contribution >= 0.6 is 35.0 Å². The maximum Gasteiger partial charge on any atom is 0.294 e. The maximum absolute atomic E-state index is 12.8. The van der Waals surface area contributed by atoms with E-state index in [0.29, 0.717) is 32.8 Å². The largest absolute Gasteiger partial charge is 0.457 e. The minimum atomic E-state index is -0.554. The zero-order valence-corrected chi connectivity index (χ0v) is 20.9. The van der Waals surface area contributed by atoms with E-state index in [0.717, 1.165) is 33.4 Å². The molecule has 6 nitrogen and oxygen atoms in total. The number of halogens is 2. The number of anilines is 1. The molecule has 2 heterocycles. The predicted octanol–water partition coefficient (Wildman–Crippen LogP) is 6.85. The van der Waals surface area contributed by atoms with Crippen LogP contribution in [0.4, 0.5) is 10.5 Å². The second-order valence-corrected chi connectivity index (χ2v) is 9.75. The second-order valence-electron chi connectivity index (χ2n) is 7.92. The van der Waals surface area contributed by atoms with E-state index in [9.17, 15) is 14.4 Å². The Morgan fingerprint density at radius 1 is 1.06 bits per heavy atom. The molecule has 9 heteroatoms. The molecule has 0 radical (unpaired) electrons. The van der Waals surface area contributed by atoms with Crippen LogP contribution in [0.25, 0.3) is 17.4 Å². The summed E-state index contributed by atoms with van der Waals surface area (Å²) in [6.45, 7) is 5.39. The molecule has 3 aromatic rings. The van der Waals surface area contributed by atoms with Crippen molar-refractivity contribution in [2.45, 2.75) is 20.8 Å². The Morgan fingerprint density at radius 3 is 2.47 bits per heavy atom. The number of imide groups is 1. The monoisotopic (exact) mass is 514 g/mol. The summed E-state index contributed by atoms with van der Waals surface area (Å²) < 4.78 is 5.79. The van der Waals surface area contributed by atoms with Crippen LogP contribution in [0, 0.1) is 20.8 Å². The Labute approximate surface area is 210 Å². The van der Waals surface area contributed by atoms with E-state index in [1.165, 1.54) is 6.08 Å². The van der Waals surface area contributed by atoms with Crippen LogP contribution in [-0.4, -0.2) is 28.5 Å². The number of benzene rings is 2. The molecule has 1 saturated heterocycles. The lowest BCUT2D eigenvalue weighted by molar-refractivity contribution is -0.127. The van der Waals surface area contributed by atoms with Crippen molar-refractivity contribution in [1.29, 1.82) is 0 Å². The first-order valence-electron chi connectivity index (χ1n) is 10.3. The summed E-state index contributed by atoms with van der Waals surface area (Å²) in [7, 11) is 0. The number of aryl methyl sites for hydroxylation is 3. The average Bonchev–Trinajstić information content (AvgIpc) is 3.32. The summed E-state index contributed by atoms with van der Waals surface area (Å²) in [5.74, 6) is -0.163. The lowest BCUT2D eigenvalue weighted by Crippen LogP contribution is -2.36. The number of thioether (sulfide) groups is 1. The van der Waals surface area contributed by atoms with Crippen molar-refractivity contribution in [1.82, 2.24) is 4.90 Å². The molecule has 0 saturated carbocycles. The normalized spacial score (nSPS) is 14.9. The van der Waals surface area contributed by atoms with E-state index in [2.05, 4.69) is 5.32 Å². The van der Waals surface area contributed by atoms with Crippen molar-refractivity contribution in [3.8, 4) is 11.3 Å². The molecule has 174 valence electrons. The third-order valence-electron chi connectivity index (χ3n) is 5.21. The number of amides is 3. The van der Waals surface area contributed by atoms with E-state index in [4.69, 9.17) is 27.6 Å². The number of furan rings is 1. The molecule has 1 aliphatic heterocycles. The van der Waals surface area contributed by atoms with Crippen molar-refractivity contribution in [3.05, 3.63) is 79.9 Å². The molecule has 0 atom stereocenters. The van der Waals surface area contributed by atoms with Gasteiger partial charge in [-0.1, -0.05) is 40.9 Å². The Kier molecular flexibility index (Phi) is 6.89. The van der Waals surface area contributed by atoms with Gasteiger partial charge in [0.1, 0.15) is 18.1 Å². The molecule has 0 unspecified atom stereocenters. The minimum absolute atomic E-state index is 0.165. The summed E-state index contributed by atoms with van der Waals surface area (Å²) in [5.41, 5.74) is 4.20. The maximum atomic E-state index is 12.8. The van der Waals surface area contributed by atoms with Crippen LogP contribution in [0.2, 0.25) is 10.0 Å². The molecule has 3 amide bonds. The summed E-state index contributed by atoms with van der Waals surface area (Å²) in [6.07, 6.45) is 1.47. The number of rotatable bonds is 5. The predicted molar refractivity (Wildman–Crippen MR) is 136 cm³/mol. The van der Waals surface area contributed by atoms with E-state index in [1.54, 1.807) is 30.3 Å². The number of carbonyl (C=O) groups is 3. The Balaban J connectivity index is 1.48. The number of carbonyl (C=O) groups excluding carboxylic acids is 3. The Bertz CT molecular complexity index is 1340. The molecule has 1 N–H and O–H groups in total. The number of nitrogens with one attached hydrogen (secondary N) is 1. The molecular formula is C25H20Cl2N2O4S. The number of hydrogen-bond acceptors (Lipinski definition) is 5. The van der Waals surface area contributed by atoms with Gasteiger partial charge in [-0.25, -0.2) is 0 Å². The van der Waals surface area contributed by atoms with Crippen molar-refractivity contribution in [2.24, 2.45) is 0 Å². The molecular weight excluding hydrogens is 495 g/mol.